The Hall–Kier alpha value is -0.790. The van der Waals surface area contributed by atoms with Gasteiger partial charge < -0.3 is 5.21 Å². The molecule has 0 radical (unpaired) electrons. The summed E-state index contributed by atoms with van der Waals surface area (Å²) in [6, 6.07) is 0. The van der Waals surface area contributed by atoms with E-state index >= 15 is 0 Å². The maximum absolute atomic E-state index is 8.50. The molecule has 0 aliphatic heterocycles. The highest BCUT2D eigenvalue weighted by Gasteiger charge is 1.96. The third kappa shape index (κ3) is 5.64. The van der Waals surface area contributed by atoms with E-state index in [0.717, 1.165) is 18.6 Å². The Balaban J connectivity index is 3.45. The maximum Gasteiger partial charge on any atom is 0.0608 e. The highest BCUT2D eigenvalue weighted by molar-refractivity contribution is 5.85. The Morgan fingerprint density at radius 1 is 1.55 bits per heavy atom. The van der Waals surface area contributed by atoms with Gasteiger partial charge in [-0.3, -0.25) is 0 Å². The third-order valence-electron chi connectivity index (χ3n) is 1.59. The molecular formula is C9H17NO. The van der Waals surface area contributed by atoms with Crippen LogP contribution in [0.3, 0.4) is 0 Å². The van der Waals surface area contributed by atoms with Gasteiger partial charge in [0.15, 0.2) is 0 Å². The van der Waals surface area contributed by atoms with E-state index in [4.69, 9.17) is 5.21 Å². The molecule has 64 valence electrons. The third-order valence-corrected chi connectivity index (χ3v) is 1.59. The van der Waals surface area contributed by atoms with Crippen molar-refractivity contribution in [2.45, 2.75) is 39.0 Å². The van der Waals surface area contributed by atoms with Gasteiger partial charge >= 0.3 is 0 Å². The van der Waals surface area contributed by atoms with Gasteiger partial charge in [-0.15, -0.1) is 6.58 Å². The number of rotatable bonds is 6. The van der Waals surface area contributed by atoms with Gasteiger partial charge in [0, 0.05) is 6.42 Å². The quantitative estimate of drug-likeness (QED) is 0.206. The lowest BCUT2D eigenvalue weighted by Gasteiger charge is -1.98. The molecule has 0 saturated carbocycles. The summed E-state index contributed by atoms with van der Waals surface area (Å²) >= 11 is 0. The summed E-state index contributed by atoms with van der Waals surface area (Å²) in [6.07, 6.45) is 6.89. The fourth-order valence-electron chi connectivity index (χ4n) is 0.939. The van der Waals surface area contributed by atoms with E-state index in [9.17, 15) is 0 Å². The first-order chi connectivity index (χ1) is 5.35. The minimum Gasteiger partial charge on any atom is -0.411 e. The predicted octanol–water partition coefficient (Wildman–Crippen LogP) is 2.97. The molecule has 0 amide bonds. The summed E-state index contributed by atoms with van der Waals surface area (Å²) in [5, 5.41) is 11.7. The van der Waals surface area contributed by atoms with Crippen LogP contribution in [0.4, 0.5) is 0 Å². The Bertz CT molecular complexity index is 130. The van der Waals surface area contributed by atoms with Crippen molar-refractivity contribution in [2.24, 2.45) is 5.16 Å². The molecule has 11 heavy (non-hydrogen) atoms. The Morgan fingerprint density at radius 2 is 2.27 bits per heavy atom. The predicted molar refractivity (Wildman–Crippen MR) is 48.2 cm³/mol. The zero-order chi connectivity index (χ0) is 8.53. The highest BCUT2D eigenvalue weighted by atomic mass is 16.4. The van der Waals surface area contributed by atoms with Gasteiger partial charge in [0.25, 0.3) is 0 Å². The minimum absolute atomic E-state index is 0.709. The first-order valence-corrected chi connectivity index (χ1v) is 4.15. The lowest BCUT2D eigenvalue weighted by atomic mass is 10.1. The lowest BCUT2D eigenvalue weighted by Crippen LogP contribution is -1.96. The molecular weight excluding hydrogens is 138 g/mol. The van der Waals surface area contributed by atoms with Crippen LogP contribution in [0.5, 0.6) is 0 Å². The zero-order valence-corrected chi connectivity index (χ0v) is 7.21. The first-order valence-electron chi connectivity index (χ1n) is 4.15. The normalized spacial score (nSPS) is 11.5. The van der Waals surface area contributed by atoms with Gasteiger partial charge in [-0.1, -0.05) is 31.0 Å². The average Bonchev–Trinajstić information content (AvgIpc) is 2.03. The topological polar surface area (TPSA) is 32.6 Å². The van der Waals surface area contributed by atoms with Crippen molar-refractivity contribution in [3.05, 3.63) is 12.7 Å². The van der Waals surface area contributed by atoms with Crippen molar-refractivity contribution in [1.82, 2.24) is 0 Å². The standard InChI is InChI=1S/C9H17NO/c1-3-5-6-8-9(10-11)7-4-2/h4,11H,2-3,5-8H2,1H3/b10-9-. The van der Waals surface area contributed by atoms with Crippen LogP contribution in [-0.2, 0) is 0 Å². The monoisotopic (exact) mass is 155 g/mol. The molecule has 0 bridgehead atoms. The van der Waals surface area contributed by atoms with Crippen molar-refractivity contribution in [1.29, 1.82) is 0 Å². The molecule has 0 aromatic rings. The van der Waals surface area contributed by atoms with E-state index in [1.807, 2.05) is 0 Å². The molecule has 0 fully saturated rings. The number of allylic oxidation sites excluding steroid dienone is 1. The number of unbranched alkanes of at least 4 members (excludes halogenated alkanes) is 2. The van der Waals surface area contributed by atoms with Gasteiger partial charge in [0.05, 0.1) is 5.71 Å². The summed E-state index contributed by atoms with van der Waals surface area (Å²) in [5.74, 6) is 0. The second kappa shape index (κ2) is 7.32. The van der Waals surface area contributed by atoms with Crippen molar-refractivity contribution in [3.8, 4) is 0 Å². The van der Waals surface area contributed by atoms with Gasteiger partial charge in [0.1, 0.15) is 0 Å². The van der Waals surface area contributed by atoms with Gasteiger partial charge in [0.2, 0.25) is 0 Å². The molecule has 0 heterocycles. The van der Waals surface area contributed by atoms with Crippen LogP contribution in [-0.4, -0.2) is 10.9 Å². The molecule has 2 heteroatoms. The van der Waals surface area contributed by atoms with Gasteiger partial charge in [-0.05, 0) is 12.8 Å². The fourth-order valence-corrected chi connectivity index (χ4v) is 0.939. The Labute approximate surface area is 68.6 Å². The first kappa shape index (κ1) is 10.2. The smallest absolute Gasteiger partial charge is 0.0608 e. The van der Waals surface area contributed by atoms with E-state index < -0.39 is 0 Å². The number of nitrogens with zero attached hydrogens (tertiary/aromatic N) is 1. The van der Waals surface area contributed by atoms with E-state index in [2.05, 4.69) is 18.7 Å². The van der Waals surface area contributed by atoms with Crippen LogP contribution in [0.1, 0.15) is 39.0 Å². The molecule has 0 saturated heterocycles. The van der Waals surface area contributed by atoms with Crippen molar-refractivity contribution >= 4 is 5.71 Å². The van der Waals surface area contributed by atoms with E-state index in [-0.39, 0.29) is 0 Å². The molecule has 0 aliphatic carbocycles. The SMILES string of the molecule is C=CC/C(CCCCC)=N/O. The molecule has 0 unspecified atom stereocenters. The van der Waals surface area contributed by atoms with Crippen LogP contribution in [0.25, 0.3) is 0 Å². The lowest BCUT2D eigenvalue weighted by molar-refractivity contribution is 0.316. The van der Waals surface area contributed by atoms with Gasteiger partial charge in [-0.2, -0.15) is 0 Å². The van der Waals surface area contributed by atoms with Gasteiger partial charge in [-0.25, -0.2) is 0 Å². The molecule has 2 nitrogen and oxygen atoms in total. The Morgan fingerprint density at radius 3 is 2.73 bits per heavy atom. The molecule has 0 spiro atoms. The zero-order valence-electron chi connectivity index (χ0n) is 7.21. The van der Waals surface area contributed by atoms with E-state index in [1.165, 1.54) is 12.8 Å². The average molecular weight is 155 g/mol. The van der Waals surface area contributed by atoms with Crippen molar-refractivity contribution in [3.63, 3.8) is 0 Å². The minimum atomic E-state index is 0.709. The van der Waals surface area contributed by atoms with Crippen LogP contribution in [0, 0.1) is 0 Å². The number of hydrogen-bond acceptors (Lipinski definition) is 2. The summed E-state index contributed by atoms with van der Waals surface area (Å²) in [7, 11) is 0. The van der Waals surface area contributed by atoms with Crippen molar-refractivity contribution in [2.75, 3.05) is 0 Å². The van der Waals surface area contributed by atoms with Crippen LogP contribution in [0.2, 0.25) is 0 Å². The number of oxime groups is 1. The molecule has 0 aromatic carbocycles. The highest BCUT2D eigenvalue weighted by Crippen LogP contribution is 2.03. The molecule has 0 atom stereocenters. The fraction of sp³-hybridized carbons (Fsp3) is 0.667. The Kier molecular flexibility index (Phi) is 6.79. The molecule has 0 rings (SSSR count). The summed E-state index contributed by atoms with van der Waals surface area (Å²) in [5.41, 5.74) is 0.841. The molecule has 0 aromatic heterocycles. The summed E-state index contributed by atoms with van der Waals surface area (Å²) < 4.78 is 0. The van der Waals surface area contributed by atoms with Crippen LogP contribution >= 0.6 is 0 Å². The molecule has 1 N–H and O–H groups in total. The van der Waals surface area contributed by atoms with Crippen LogP contribution < -0.4 is 0 Å². The summed E-state index contributed by atoms with van der Waals surface area (Å²) in [4.78, 5) is 0. The van der Waals surface area contributed by atoms with Crippen molar-refractivity contribution < 1.29 is 5.21 Å². The maximum atomic E-state index is 8.50. The summed E-state index contributed by atoms with van der Waals surface area (Å²) in [6.45, 7) is 5.74. The second-order valence-electron chi connectivity index (χ2n) is 2.62. The van der Waals surface area contributed by atoms with Crippen LogP contribution in [0.15, 0.2) is 17.8 Å². The molecule has 0 aliphatic rings. The van der Waals surface area contributed by atoms with E-state index in [1.54, 1.807) is 6.08 Å². The van der Waals surface area contributed by atoms with E-state index in [0.29, 0.717) is 6.42 Å². The number of hydrogen-bond donors (Lipinski definition) is 1. The largest absolute Gasteiger partial charge is 0.411 e. The second-order valence-corrected chi connectivity index (χ2v) is 2.62.